The van der Waals surface area contributed by atoms with E-state index in [4.69, 9.17) is 0 Å². The molecule has 0 aromatic carbocycles. The molecular weight excluding hydrogens is 231 g/mol. The summed E-state index contributed by atoms with van der Waals surface area (Å²) in [6, 6.07) is 0. The zero-order chi connectivity index (χ0) is 0. The summed E-state index contributed by atoms with van der Waals surface area (Å²) in [5, 5.41) is 0. The van der Waals surface area contributed by atoms with Gasteiger partial charge in [0, 0.05) is 0 Å². The topological polar surface area (TPSA) is 0 Å². The van der Waals surface area contributed by atoms with Gasteiger partial charge in [-0.25, -0.2) is 0 Å². The Morgan fingerprint density at radius 1 is 0.500 bits per heavy atom. The van der Waals surface area contributed by atoms with E-state index in [1.165, 1.54) is 0 Å². The standard InChI is InChI=1S/3CH3.Pt/h3*1H3;/q3*-1;+4. The van der Waals surface area contributed by atoms with Gasteiger partial charge in [0.25, 0.3) is 0 Å². The summed E-state index contributed by atoms with van der Waals surface area (Å²) in [5.41, 5.74) is 0. The fraction of sp³-hybridized carbons (Fsp3) is 0. The minimum Gasteiger partial charge on any atom is -0.358 e. The monoisotopic (exact) mass is 240 g/mol. The first-order chi connectivity index (χ1) is 0. The molecule has 0 nitrogen and oxygen atoms in total. The average molecular weight is 240 g/mol. The van der Waals surface area contributed by atoms with Crippen LogP contribution >= 0.6 is 0 Å². The van der Waals surface area contributed by atoms with Gasteiger partial charge in [-0.2, -0.15) is 0 Å². The Bertz CT molecular complexity index is 3.25. The molecule has 0 saturated heterocycles. The smallest absolute Gasteiger partial charge is 0.358 e. The maximum absolute atomic E-state index is 0. The van der Waals surface area contributed by atoms with E-state index in [2.05, 4.69) is 0 Å². The Morgan fingerprint density at radius 3 is 0.500 bits per heavy atom. The fourth-order valence-corrected chi connectivity index (χ4v) is 0. The van der Waals surface area contributed by atoms with E-state index in [0.29, 0.717) is 0 Å². The van der Waals surface area contributed by atoms with E-state index in [-0.39, 0.29) is 43.3 Å². The summed E-state index contributed by atoms with van der Waals surface area (Å²) in [4.78, 5) is 0. The van der Waals surface area contributed by atoms with E-state index in [9.17, 15) is 0 Å². The van der Waals surface area contributed by atoms with Crippen LogP contribution in [-0.2, 0) is 21.1 Å². The first-order valence-electron chi connectivity index (χ1n) is 0. The first kappa shape index (κ1) is 135. The van der Waals surface area contributed by atoms with Crippen molar-refractivity contribution in [3.8, 4) is 0 Å². The number of hydrogen-bond donors (Lipinski definition) is 0. The van der Waals surface area contributed by atoms with Crippen molar-refractivity contribution in [3.63, 3.8) is 0 Å². The van der Waals surface area contributed by atoms with Gasteiger partial charge in [0.2, 0.25) is 0 Å². The van der Waals surface area contributed by atoms with Gasteiger partial charge in [-0.15, -0.1) is 0 Å². The Kier molecular flexibility index (Phi) is 1890. The van der Waals surface area contributed by atoms with Crippen LogP contribution in [-0.4, -0.2) is 0 Å². The van der Waals surface area contributed by atoms with Gasteiger partial charge in [0.15, 0.2) is 0 Å². The molecule has 0 saturated carbocycles. The second kappa shape index (κ2) is 56.3. The van der Waals surface area contributed by atoms with Crippen molar-refractivity contribution in [2.24, 2.45) is 0 Å². The van der Waals surface area contributed by atoms with Gasteiger partial charge in [-0.1, -0.05) is 0 Å². The molecule has 1 heteroatoms. The van der Waals surface area contributed by atoms with Crippen LogP contribution in [0.1, 0.15) is 0 Å². The van der Waals surface area contributed by atoms with Crippen LogP contribution in [0.2, 0.25) is 0 Å². The Hall–Kier alpha value is 0.688. The second-order valence-electron chi connectivity index (χ2n) is 0. The third kappa shape index (κ3) is 16.2. The van der Waals surface area contributed by atoms with Crippen LogP contribution < -0.4 is 0 Å². The van der Waals surface area contributed by atoms with Crippen molar-refractivity contribution in [2.75, 3.05) is 0 Å². The Balaban J connectivity index is 0. The van der Waals surface area contributed by atoms with Crippen LogP contribution in [0.3, 0.4) is 0 Å². The summed E-state index contributed by atoms with van der Waals surface area (Å²) in [6.45, 7) is 0. The maximum Gasteiger partial charge on any atom is 4.00 e. The molecule has 0 aromatic heterocycles. The molecule has 0 radical (unpaired) electrons. The third-order valence-electron chi connectivity index (χ3n) is 0. The van der Waals surface area contributed by atoms with Gasteiger partial charge in [-0.3, -0.25) is 0 Å². The van der Waals surface area contributed by atoms with Crippen molar-refractivity contribution < 1.29 is 21.1 Å². The van der Waals surface area contributed by atoms with Gasteiger partial charge in [0.05, 0.1) is 0 Å². The number of hydrogen-bond acceptors (Lipinski definition) is 0. The molecule has 0 bridgehead atoms. The predicted molar refractivity (Wildman–Crippen MR) is 19.2 cm³/mol. The van der Waals surface area contributed by atoms with E-state index < -0.39 is 0 Å². The first-order valence-corrected chi connectivity index (χ1v) is 0. The molecule has 0 spiro atoms. The molecular formula is C3H9Pt+. The van der Waals surface area contributed by atoms with Crippen LogP contribution in [0.15, 0.2) is 0 Å². The summed E-state index contributed by atoms with van der Waals surface area (Å²) >= 11 is 0. The molecule has 0 aliphatic rings. The predicted octanol–water partition coefficient (Wildman–Crippen LogP) is 1.35. The molecule has 0 heterocycles. The van der Waals surface area contributed by atoms with Crippen molar-refractivity contribution >= 4 is 0 Å². The normalized spacial score (nSPS) is 0. The van der Waals surface area contributed by atoms with Crippen molar-refractivity contribution in [1.82, 2.24) is 0 Å². The minimum absolute atomic E-state index is 0. The Morgan fingerprint density at radius 2 is 0.500 bits per heavy atom. The molecule has 0 unspecified atom stereocenters. The van der Waals surface area contributed by atoms with Crippen LogP contribution in [0.4, 0.5) is 0 Å². The SMILES string of the molecule is [CH3-].[CH3-].[CH3-].[Pt+4]. The van der Waals surface area contributed by atoms with Gasteiger partial charge < -0.3 is 22.3 Å². The van der Waals surface area contributed by atoms with E-state index >= 15 is 0 Å². The second-order valence-corrected chi connectivity index (χ2v) is 0. The van der Waals surface area contributed by atoms with E-state index in [1.54, 1.807) is 0 Å². The van der Waals surface area contributed by atoms with Crippen LogP contribution in [0.5, 0.6) is 0 Å². The Labute approximate surface area is 43.9 Å². The molecule has 0 aromatic rings. The summed E-state index contributed by atoms with van der Waals surface area (Å²) < 4.78 is 0. The van der Waals surface area contributed by atoms with Crippen LogP contribution in [0, 0.1) is 22.3 Å². The zero-order valence-electron chi connectivity index (χ0n) is 3.32. The molecule has 0 atom stereocenters. The van der Waals surface area contributed by atoms with E-state index in [0.717, 1.165) is 0 Å². The van der Waals surface area contributed by atoms with Crippen molar-refractivity contribution in [1.29, 1.82) is 0 Å². The van der Waals surface area contributed by atoms with Gasteiger partial charge in [0.1, 0.15) is 0 Å². The molecule has 0 fully saturated rings. The van der Waals surface area contributed by atoms with Crippen molar-refractivity contribution in [3.05, 3.63) is 22.3 Å². The molecule has 30 valence electrons. The minimum atomic E-state index is 0. The molecule has 4 heavy (non-hydrogen) atoms. The number of rotatable bonds is 0. The fourth-order valence-electron chi connectivity index (χ4n) is 0. The van der Waals surface area contributed by atoms with E-state index in [1.807, 2.05) is 0 Å². The molecule has 0 amide bonds. The van der Waals surface area contributed by atoms with Crippen molar-refractivity contribution in [2.45, 2.75) is 0 Å². The largest absolute Gasteiger partial charge is 4.00 e. The maximum atomic E-state index is 0. The zero-order valence-corrected chi connectivity index (χ0v) is 5.59. The summed E-state index contributed by atoms with van der Waals surface area (Å²) in [7, 11) is 0. The molecule has 0 aliphatic heterocycles. The third-order valence-corrected chi connectivity index (χ3v) is 0. The van der Waals surface area contributed by atoms with Gasteiger partial charge in [-0.05, 0) is 0 Å². The molecule has 0 N–H and O–H groups in total. The summed E-state index contributed by atoms with van der Waals surface area (Å²) in [6.07, 6.45) is 0. The van der Waals surface area contributed by atoms with Crippen LogP contribution in [0.25, 0.3) is 0 Å². The average Bonchev–Trinajstić information content (AvgIpc) is 0. The quantitative estimate of drug-likeness (QED) is 0.561. The molecule has 0 rings (SSSR count). The van der Waals surface area contributed by atoms with Gasteiger partial charge >= 0.3 is 21.1 Å². The molecule has 0 aliphatic carbocycles. The summed E-state index contributed by atoms with van der Waals surface area (Å²) in [5.74, 6) is 0.